The van der Waals surface area contributed by atoms with E-state index in [1.54, 1.807) is 7.11 Å². The number of methoxy groups -OCH3 is 1. The van der Waals surface area contributed by atoms with Gasteiger partial charge in [-0.25, -0.2) is 0 Å². The first-order chi connectivity index (χ1) is 8.51. The van der Waals surface area contributed by atoms with E-state index >= 15 is 0 Å². The van der Waals surface area contributed by atoms with E-state index in [4.69, 9.17) is 9.47 Å². The van der Waals surface area contributed by atoms with Gasteiger partial charge in [-0.2, -0.15) is 0 Å². The van der Waals surface area contributed by atoms with Crippen LogP contribution in [0.25, 0.3) is 0 Å². The summed E-state index contributed by atoms with van der Waals surface area (Å²) < 4.78 is 11.2. The normalized spacial score (nSPS) is 12.3. The first-order valence-electron chi connectivity index (χ1n) is 6.01. The lowest BCUT2D eigenvalue weighted by Gasteiger charge is -2.20. The highest BCUT2D eigenvalue weighted by Gasteiger charge is 2.26. The number of benzene rings is 1. The van der Waals surface area contributed by atoms with Crippen LogP contribution in [0.3, 0.4) is 0 Å². The molecule has 0 aliphatic rings. The van der Waals surface area contributed by atoms with Crippen molar-refractivity contribution >= 4 is 21.9 Å². The van der Waals surface area contributed by atoms with Crippen molar-refractivity contribution in [2.24, 2.45) is 5.92 Å². The van der Waals surface area contributed by atoms with Crippen molar-refractivity contribution < 1.29 is 14.3 Å². The van der Waals surface area contributed by atoms with Crippen LogP contribution in [0.5, 0.6) is 5.75 Å². The van der Waals surface area contributed by atoms with Gasteiger partial charge in [0.25, 0.3) is 0 Å². The molecule has 0 saturated carbocycles. The van der Waals surface area contributed by atoms with Crippen LogP contribution in [0.15, 0.2) is 22.7 Å². The quantitative estimate of drug-likeness (QED) is 0.776. The Balaban J connectivity index is 3.06. The van der Waals surface area contributed by atoms with E-state index in [0.717, 1.165) is 15.8 Å². The Bertz CT molecular complexity index is 416. The molecule has 1 rings (SSSR count). The van der Waals surface area contributed by atoms with Gasteiger partial charge in [-0.3, -0.25) is 4.79 Å². The molecule has 100 valence electrons. The van der Waals surface area contributed by atoms with Gasteiger partial charge in [0.2, 0.25) is 0 Å². The molecule has 1 unspecified atom stereocenters. The zero-order chi connectivity index (χ0) is 13.7. The Hall–Kier alpha value is -1.03. The number of rotatable bonds is 5. The molecule has 0 spiro atoms. The summed E-state index contributed by atoms with van der Waals surface area (Å²) in [7, 11) is 1.62. The van der Waals surface area contributed by atoms with Crippen molar-refractivity contribution in [3.05, 3.63) is 28.2 Å². The number of ether oxygens (including phenoxy) is 2. The molecule has 0 heterocycles. The Kier molecular flexibility index (Phi) is 5.66. The molecule has 0 amide bonds. The predicted octanol–water partition coefficient (Wildman–Crippen LogP) is 3.76. The second-order valence-corrected chi connectivity index (χ2v) is 5.22. The van der Waals surface area contributed by atoms with E-state index < -0.39 is 0 Å². The molecule has 4 heteroatoms. The van der Waals surface area contributed by atoms with Crippen LogP contribution in [0, 0.1) is 5.92 Å². The first kappa shape index (κ1) is 15.0. The fraction of sp³-hybridized carbons (Fsp3) is 0.500. The standard InChI is InChI=1S/C14H19BrO3/c1-5-18-14(16)13(9(2)3)10-6-7-12(17-4)11(15)8-10/h6-9,13H,5H2,1-4H3. The maximum absolute atomic E-state index is 12.0. The summed E-state index contributed by atoms with van der Waals surface area (Å²) >= 11 is 3.44. The van der Waals surface area contributed by atoms with Gasteiger partial charge >= 0.3 is 5.97 Å². The van der Waals surface area contributed by atoms with Crippen molar-refractivity contribution in [1.29, 1.82) is 0 Å². The van der Waals surface area contributed by atoms with Gasteiger partial charge in [-0.1, -0.05) is 19.9 Å². The van der Waals surface area contributed by atoms with Gasteiger partial charge in [0, 0.05) is 0 Å². The van der Waals surface area contributed by atoms with E-state index in [1.807, 2.05) is 39.0 Å². The summed E-state index contributed by atoms with van der Waals surface area (Å²) in [4.78, 5) is 12.0. The molecule has 0 aliphatic carbocycles. The van der Waals surface area contributed by atoms with Crippen molar-refractivity contribution in [3.63, 3.8) is 0 Å². The fourth-order valence-corrected chi connectivity index (χ4v) is 2.46. The molecule has 0 saturated heterocycles. The molecule has 0 aliphatic heterocycles. The number of carbonyl (C=O) groups is 1. The van der Waals surface area contributed by atoms with Gasteiger partial charge in [-0.05, 0) is 46.5 Å². The zero-order valence-corrected chi connectivity index (χ0v) is 12.8. The summed E-state index contributed by atoms with van der Waals surface area (Å²) in [6, 6.07) is 5.68. The molecule has 1 atom stereocenters. The number of hydrogen-bond acceptors (Lipinski definition) is 3. The van der Waals surface area contributed by atoms with Crippen molar-refractivity contribution in [2.45, 2.75) is 26.7 Å². The number of carbonyl (C=O) groups excluding carboxylic acids is 1. The number of halogens is 1. The maximum Gasteiger partial charge on any atom is 0.313 e. The third kappa shape index (κ3) is 3.48. The molecule has 1 aromatic carbocycles. The summed E-state index contributed by atoms with van der Waals surface area (Å²) in [6.07, 6.45) is 0. The first-order valence-corrected chi connectivity index (χ1v) is 6.80. The summed E-state index contributed by atoms with van der Waals surface area (Å²) in [5.74, 6) is 0.520. The molecular weight excluding hydrogens is 296 g/mol. The minimum Gasteiger partial charge on any atom is -0.496 e. The highest BCUT2D eigenvalue weighted by atomic mass is 79.9. The van der Waals surface area contributed by atoms with Crippen LogP contribution < -0.4 is 4.74 Å². The van der Waals surface area contributed by atoms with E-state index in [2.05, 4.69) is 15.9 Å². The predicted molar refractivity (Wildman–Crippen MR) is 74.9 cm³/mol. The van der Waals surface area contributed by atoms with Gasteiger partial charge in [0.15, 0.2) is 0 Å². The number of hydrogen-bond donors (Lipinski definition) is 0. The molecule has 18 heavy (non-hydrogen) atoms. The van der Waals surface area contributed by atoms with Gasteiger partial charge < -0.3 is 9.47 Å². The van der Waals surface area contributed by atoms with Gasteiger partial charge in [0.1, 0.15) is 5.75 Å². The monoisotopic (exact) mass is 314 g/mol. The molecule has 0 aromatic heterocycles. The largest absolute Gasteiger partial charge is 0.496 e. The summed E-state index contributed by atoms with van der Waals surface area (Å²) in [6.45, 7) is 6.25. The second-order valence-electron chi connectivity index (χ2n) is 4.37. The smallest absolute Gasteiger partial charge is 0.313 e. The van der Waals surface area contributed by atoms with Gasteiger partial charge in [0.05, 0.1) is 24.1 Å². The maximum atomic E-state index is 12.0. The number of esters is 1. The molecule has 3 nitrogen and oxygen atoms in total. The minimum atomic E-state index is -0.243. The highest BCUT2D eigenvalue weighted by Crippen LogP contribution is 2.32. The zero-order valence-electron chi connectivity index (χ0n) is 11.2. The molecular formula is C14H19BrO3. The van der Waals surface area contributed by atoms with E-state index in [-0.39, 0.29) is 17.8 Å². The molecule has 0 N–H and O–H groups in total. The van der Waals surface area contributed by atoms with Crippen LogP contribution in [0.1, 0.15) is 32.3 Å². The highest BCUT2D eigenvalue weighted by molar-refractivity contribution is 9.10. The van der Waals surface area contributed by atoms with Crippen LogP contribution >= 0.6 is 15.9 Å². The fourth-order valence-electron chi connectivity index (χ4n) is 1.90. The van der Waals surface area contributed by atoms with Crippen LogP contribution in [0.2, 0.25) is 0 Å². The Morgan fingerprint density at radius 2 is 2.06 bits per heavy atom. The van der Waals surface area contributed by atoms with Crippen LogP contribution in [-0.2, 0) is 9.53 Å². The van der Waals surface area contributed by atoms with E-state index in [9.17, 15) is 4.79 Å². The van der Waals surface area contributed by atoms with Crippen LogP contribution in [0.4, 0.5) is 0 Å². The average molecular weight is 315 g/mol. The lowest BCUT2D eigenvalue weighted by atomic mass is 9.88. The van der Waals surface area contributed by atoms with Crippen LogP contribution in [-0.4, -0.2) is 19.7 Å². The average Bonchev–Trinajstić information content (AvgIpc) is 2.29. The van der Waals surface area contributed by atoms with E-state index in [0.29, 0.717) is 6.61 Å². The lowest BCUT2D eigenvalue weighted by Crippen LogP contribution is -2.20. The summed E-state index contributed by atoms with van der Waals surface area (Å²) in [5.41, 5.74) is 0.941. The van der Waals surface area contributed by atoms with Crippen molar-refractivity contribution in [3.8, 4) is 5.75 Å². The Morgan fingerprint density at radius 3 is 2.50 bits per heavy atom. The second kappa shape index (κ2) is 6.78. The van der Waals surface area contributed by atoms with Crippen molar-refractivity contribution in [2.75, 3.05) is 13.7 Å². The summed E-state index contributed by atoms with van der Waals surface area (Å²) in [5, 5.41) is 0. The Labute approximate surface area is 117 Å². The van der Waals surface area contributed by atoms with Crippen molar-refractivity contribution in [1.82, 2.24) is 0 Å². The Morgan fingerprint density at radius 1 is 1.39 bits per heavy atom. The molecule has 0 fully saturated rings. The molecule has 0 bridgehead atoms. The SMILES string of the molecule is CCOC(=O)C(c1ccc(OC)c(Br)c1)C(C)C. The lowest BCUT2D eigenvalue weighted by molar-refractivity contribution is -0.146. The van der Waals surface area contributed by atoms with E-state index in [1.165, 1.54) is 0 Å². The third-order valence-electron chi connectivity index (χ3n) is 2.74. The molecule has 1 aromatic rings. The third-order valence-corrected chi connectivity index (χ3v) is 3.36. The minimum absolute atomic E-state index is 0.176. The molecule has 0 radical (unpaired) electrons. The topological polar surface area (TPSA) is 35.5 Å². The van der Waals surface area contributed by atoms with Gasteiger partial charge in [-0.15, -0.1) is 0 Å².